The van der Waals surface area contributed by atoms with Crippen molar-refractivity contribution in [3.05, 3.63) is 198 Å². The minimum Gasteiger partial charge on any atom is -0.465 e. The molecule has 0 aliphatic heterocycles. The first-order valence-electron chi connectivity index (χ1n) is 22.6. The van der Waals surface area contributed by atoms with Gasteiger partial charge in [-0.2, -0.15) is 0 Å². The molecule has 4 aromatic carbocycles. The number of hydrogen-bond acceptors (Lipinski definition) is 18. The van der Waals surface area contributed by atoms with Crippen LogP contribution in [0.5, 0.6) is 0 Å². The summed E-state index contributed by atoms with van der Waals surface area (Å²) < 4.78 is 66.5. The molecular formula is C54H53BrClN3O11S8. The smallest absolute Gasteiger partial charge is 0.337 e. The lowest BCUT2D eigenvalue weighted by Crippen LogP contribution is -2.18. The second-order valence-electron chi connectivity index (χ2n) is 15.1. The molecule has 412 valence electrons. The summed E-state index contributed by atoms with van der Waals surface area (Å²) in [6.45, 7) is 11.0. The van der Waals surface area contributed by atoms with E-state index in [-0.39, 0.29) is 54.0 Å². The van der Waals surface area contributed by atoms with Crippen LogP contribution in [0.4, 0.5) is 5.00 Å². The third-order valence-electron chi connectivity index (χ3n) is 9.95. The van der Waals surface area contributed by atoms with E-state index in [0.29, 0.717) is 23.2 Å². The molecule has 0 saturated carbocycles. The van der Waals surface area contributed by atoms with Gasteiger partial charge in [-0.3, -0.25) is 4.79 Å². The standard InChI is InChI=1S/C14H14O4S2.C14H14O2S2.C13H14N2O3S2.C8H8O2S.C5H2BrNS.ClH/c1-3-11-7-8-13(19-11)20(16,17)12-6-4-5-10(9-12)14(15)18-2;1-3-11-7-8-13(17-11)18-12-6-4-5-10(9-12)14(15)16-2;1-15-13(16)9-3-2-4-11(7-9)20(17,18)12-6-5-10(8-14)19-12;1-10-8(9)6-3-2-4-7(11)5-6;1-7-5-3-2-4(6)8-5;/h4-9H,3H2,1-2H3;4-9H,3H2,1-2H3;2-7H,8,14H2,1H3,(H,15,16);2-5,11H,1H3;2-3H;1H. The van der Waals surface area contributed by atoms with Gasteiger partial charge in [-0.25, -0.2) is 36.1 Å². The van der Waals surface area contributed by atoms with E-state index in [1.807, 2.05) is 37.3 Å². The van der Waals surface area contributed by atoms with Gasteiger partial charge in [0, 0.05) is 43.6 Å². The minimum absolute atomic E-state index is 0. The van der Waals surface area contributed by atoms with Gasteiger partial charge in [0.1, 0.15) is 8.42 Å². The van der Waals surface area contributed by atoms with E-state index in [2.05, 4.69) is 67.3 Å². The lowest BCUT2D eigenvalue weighted by molar-refractivity contribution is 0.0591. The second kappa shape index (κ2) is 33.1. The number of thiol groups is 1. The van der Waals surface area contributed by atoms with E-state index in [9.17, 15) is 36.0 Å². The van der Waals surface area contributed by atoms with Gasteiger partial charge in [-0.15, -0.1) is 70.4 Å². The maximum atomic E-state index is 12.5. The number of hydrogen-bond donors (Lipinski definition) is 3. The molecule has 0 aliphatic carbocycles. The number of aryl methyl sites for hydroxylation is 2. The average Bonchev–Trinajstić information content (AvgIpc) is 4.32. The number of ether oxygens (including phenoxy) is 3. The molecule has 0 fully saturated rings. The molecule has 0 atom stereocenters. The minimum atomic E-state index is -3.61. The molecule has 0 aliphatic rings. The van der Waals surface area contributed by atoms with Gasteiger partial charge in [0.2, 0.25) is 24.7 Å². The van der Waals surface area contributed by atoms with Crippen LogP contribution in [0.3, 0.4) is 0 Å². The van der Waals surface area contributed by atoms with Crippen LogP contribution < -0.4 is 11.1 Å². The SMILES string of the molecule is CCc1ccc(S(=O)(=O)c2cccc(C(=O)OC)c2)s1.CCc1ccc(Sc2cccc(C(=O)OC)c2)s1.CNC(=O)c1cccc(S(=O)(=O)c2ccc(CN)s2)c1.COC(=O)c1cccc(S)c1.Cl.[C-]#[N+]c1ccc(Br)s1. The number of esters is 3. The normalized spacial score (nSPS) is 10.4. The third-order valence-corrected chi connectivity index (χ3v) is 20.9. The Morgan fingerprint density at radius 1 is 0.615 bits per heavy atom. The van der Waals surface area contributed by atoms with Gasteiger partial charge in [0.15, 0.2) is 0 Å². The van der Waals surface area contributed by atoms with Crippen molar-refractivity contribution in [2.45, 2.75) is 65.4 Å². The largest absolute Gasteiger partial charge is 0.465 e. The van der Waals surface area contributed by atoms with Gasteiger partial charge in [0.25, 0.3) is 5.91 Å². The van der Waals surface area contributed by atoms with Crippen LogP contribution in [0, 0.1) is 6.57 Å². The summed E-state index contributed by atoms with van der Waals surface area (Å²) in [5.41, 5.74) is 7.14. The summed E-state index contributed by atoms with van der Waals surface area (Å²) in [4.78, 5) is 53.8. The molecule has 1 amide bonds. The van der Waals surface area contributed by atoms with Crippen LogP contribution in [0.2, 0.25) is 0 Å². The summed E-state index contributed by atoms with van der Waals surface area (Å²) in [5, 5.41) is 3.20. The predicted octanol–water partition coefficient (Wildman–Crippen LogP) is 13.8. The molecule has 8 rings (SSSR count). The molecule has 4 aromatic heterocycles. The molecule has 3 N–H and O–H groups in total. The van der Waals surface area contributed by atoms with Crippen LogP contribution in [0.1, 0.15) is 69.9 Å². The fourth-order valence-corrected chi connectivity index (χ4v) is 15.0. The number of carbonyl (C=O) groups is 4. The lowest BCUT2D eigenvalue weighted by atomic mass is 10.2. The maximum Gasteiger partial charge on any atom is 0.337 e. The van der Waals surface area contributed by atoms with E-state index < -0.39 is 25.6 Å². The first-order chi connectivity index (χ1) is 36.8. The summed E-state index contributed by atoms with van der Waals surface area (Å²) in [6, 6.07) is 40.8. The van der Waals surface area contributed by atoms with Crippen molar-refractivity contribution >= 4 is 147 Å². The van der Waals surface area contributed by atoms with E-state index in [4.69, 9.17) is 17.0 Å². The van der Waals surface area contributed by atoms with Crippen LogP contribution >= 0.6 is 98.1 Å². The average molecular weight is 1290 g/mol. The summed E-state index contributed by atoms with van der Waals surface area (Å²) in [5.74, 6) is -1.50. The number of halogens is 2. The molecule has 0 radical (unpaired) electrons. The fourth-order valence-electron chi connectivity index (χ4n) is 6.03. The highest BCUT2D eigenvalue weighted by Crippen LogP contribution is 2.35. The molecule has 0 spiro atoms. The summed E-state index contributed by atoms with van der Waals surface area (Å²) >= 11 is 14.6. The molecule has 4 heterocycles. The zero-order chi connectivity index (χ0) is 56.7. The number of nitrogens with one attached hydrogen (secondary N) is 1. The third kappa shape index (κ3) is 19.9. The molecule has 0 saturated heterocycles. The molecule has 0 unspecified atom stereocenters. The van der Waals surface area contributed by atoms with E-state index in [0.717, 1.165) is 52.5 Å². The van der Waals surface area contributed by atoms with Gasteiger partial charge >= 0.3 is 17.9 Å². The van der Waals surface area contributed by atoms with E-state index in [1.54, 1.807) is 83.8 Å². The van der Waals surface area contributed by atoms with Gasteiger partial charge in [-0.1, -0.05) is 49.9 Å². The van der Waals surface area contributed by atoms with Crippen molar-refractivity contribution in [1.82, 2.24) is 5.32 Å². The summed E-state index contributed by atoms with van der Waals surface area (Å²) in [6.07, 6.45) is 1.86. The van der Waals surface area contributed by atoms with Crippen LogP contribution in [0.25, 0.3) is 4.85 Å². The first kappa shape index (κ1) is 66.7. The maximum absolute atomic E-state index is 12.5. The zero-order valence-corrected chi connectivity index (χ0v) is 51.6. The Morgan fingerprint density at radius 3 is 1.51 bits per heavy atom. The van der Waals surface area contributed by atoms with E-state index >= 15 is 0 Å². The predicted molar refractivity (Wildman–Crippen MR) is 321 cm³/mol. The number of thiophene rings is 4. The molecule has 78 heavy (non-hydrogen) atoms. The first-order valence-corrected chi connectivity index (χ1v) is 30.9. The Bertz CT molecular complexity index is 3420. The lowest BCUT2D eigenvalue weighted by Gasteiger charge is -2.04. The number of benzene rings is 4. The Hall–Kier alpha value is -5.62. The highest BCUT2D eigenvalue weighted by Gasteiger charge is 2.23. The van der Waals surface area contributed by atoms with E-state index in [1.165, 1.54) is 103 Å². The quantitative estimate of drug-likeness (QED) is 0.0426. The molecule has 8 aromatic rings. The van der Waals surface area contributed by atoms with Crippen molar-refractivity contribution in [2.75, 3.05) is 28.4 Å². The van der Waals surface area contributed by atoms with Gasteiger partial charge in [-0.05, 0) is 150 Å². The Kier molecular flexibility index (Phi) is 28.3. The number of nitrogens with zero attached hydrogens (tertiary/aromatic N) is 1. The molecule has 0 bridgehead atoms. The highest BCUT2D eigenvalue weighted by molar-refractivity contribution is 9.11. The number of sulfone groups is 2. The molecular weight excluding hydrogens is 1240 g/mol. The van der Waals surface area contributed by atoms with Crippen LogP contribution in [0.15, 0.2) is 182 Å². The van der Waals surface area contributed by atoms with Crippen molar-refractivity contribution < 1.29 is 50.2 Å². The number of amides is 1. The zero-order valence-electron chi connectivity index (χ0n) is 42.6. The number of methoxy groups -OCH3 is 3. The number of rotatable bonds is 13. The van der Waals surface area contributed by atoms with Gasteiger partial charge < -0.3 is 25.3 Å². The van der Waals surface area contributed by atoms with Crippen molar-refractivity contribution in [3.8, 4) is 0 Å². The molecule has 24 heteroatoms. The van der Waals surface area contributed by atoms with Crippen LogP contribution in [-0.4, -0.2) is 69.0 Å². The highest BCUT2D eigenvalue weighted by atomic mass is 79.9. The Morgan fingerprint density at radius 2 is 1.08 bits per heavy atom. The van der Waals surface area contributed by atoms with Crippen LogP contribution in [-0.2, 0) is 53.3 Å². The topological polar surface area (TPSA) is 207 Å². The van der Waals surface area contributed by atoms with Gasteiger partial charge in [0.05, 0.1) is 62.4 Å². The fraction of sp³-hybridized carbons (Fsp3) is 0.167. The number of carbonyl (C=O) groups excluding carboxylic acids is 4. The Balaban J connectivity index is 0.000000264. The number of nitrogens with two attached hydrogens (primary N) is 1. The Labute approximate surface area is 495 Å². The molecule has 14 nitrogen and oxygen atoms in total. The second-order valence-corrected chi connectivity index (χ2v) is 27.2. The summed E-state index contributed by atoms with van der Waals surface area (Å²) in [7, 11) is -1.68. The monoisotopic (exact) mass is 1290 g/mol. The van der Waals surface area contributed by atoms with Crippen molar-refractivity contribution in [1.29, 1.82) is 0 Å². The van der Waals surface area contributed by atoms with Crippen molar-refractivity contribution in [3.63, 3.8) is 0 Å². The van der Waals surface area contributed by atoms with Crippen molar-refractivity contribution in [2.24, 2.45) is 5.73 Å².